The molecule has 0 spiro atoms. The maximum absolute atomic E-state index is 15.2. The van der Waals surface area contributed by atoms with Crippen LogP contribution in [0.25, 0.3) is 33.1 Å². The van der Waals surface area contributed by atoms with Crippen LogP contribution in [0.2, 0.25) is 0 Å². The number of hydrogen-bond acceptors (Lipinski definition) is 5. The maximum atomic E-state index is 15.2. The fourth-order valence-electron chi connectivity index (χ4n) is 4.94. The Hall–Kier alpha value is -3.26. The summed E-state index contributed by atoms with van der Waals surface area (Å²) in [6, 6.07) is 6.45. The van der Waals surface area contributed by atoms with Crippen molar-refractivity contribution in [2.24, 2.45) is 7.05 Å². The molecular weight excluding hydrogens is 445 g/mol. The molecule has 1 fully saturated rings. The van der Waals surface area contributed by atoms with Crippen molar-refractivity contribution in [3.8, 4) is 17.0 Å². The monoisotopic (exact) mass is 478 g/mol. The average Bonchev–Trinajstić information content (AvgIpc) is 3.14. The summed E-state index contributed by atoms with van der Waals surface area (Å²) in [4.78, 5) is 24.0. The third-order valence-electron chi connectivity index (χ3n) is 6.80. The smallest absolute Gasteiger partial charge is 0.329 e. The number of pyridine rings is 2. The molecule has 7 nitrogen and oxygen atoms in total. The highest BCUT2D eigenvalue weighted by Crippen LogP contribution is 2.32. The first-order valence-corrected chi connectivity index (χ1v) is 12.4. The van der Waals surface area contributed by atoms with Crippen LogP contribution < -0.4 is 10.4 Å². The third kappa shape index (κ3) is 4.55. The zero-order chi connectivity index (χ0) is 25.4. The first-order valence-electron chi connectivity index (χ1n) is 12.9. The van der Waals surface area contributed by atoms with Gasteiger partial charge in [-0.1, -0.05) is 6.42 Å². The lowest BCUT2D eigenvalue weighted by molar-refractivity contribution is 0.203. The summed E-state index contributed by atoms with van der Waals surface area (Å²) < 4.78 is 32.4. The van der Waals surface area contributed by atoms with Crippen molar-refractivity contribution in [3.63, 3.8) is 0 Å². The van der Waals surface area contributed by atoms with Crippen LogP contribution >= 0.6 is 0 Å². The number of likely N-dealkylation sites (tertiary alicyclic amines) is 1. The van der Waals surface area contributed by atoms with E-state index in [0.717, 1.165) is 13.0 Å². The van der Waals surface area contributed by atoms with Crippen molar-refractivity contribution in [1.82, 2.24) is 24.0 Å². The third-order valence-corrected chi connectivity index (χ3v) is 6.80. The van der Waals surface area contributed by atoms with Crippen molar-refractivity contribution in [2.75, 3.05) is 26.2 Å². The molecule has 1 aromatic carbocycles. The van der Waals surface area contributed by atoms with Crippen LogP contribution in [0.5, 0.6) is 5.88 Å². The summed E-state index contributed by atoms with van der Waals surface area (Å²) in [7, 11) is 1.63. The fourth-order valence-corrected chi connectivity index (χ4v) is 4.94. The van der Waals surface area contributed by atoms with Crippen molar-refractivity contribution in [2.45, 2.75) is 45.6 Å². The van der Waals surface area contributed by atoms with Crippen LogP contribution in [0.4, 0.5) is 4.39 Å². The maximum Gasteiger partial charge on any atom is 0.329 e. The van der Waals surface area contributed by atoms with Crippen molar-refractivity contribution in [1.29, 1.82) is 0 Å². The van der Waals surface area contributed by atoms with Gasteiger partial charge in [-0.05, 0) is 58.3 Å². The second-order valence-corrected chi connectivity index (χ2v) is 9.56. The van der Waals surface area contributed by atoms with Gasteiger partial charge < -0.3 is 9.64 Å². The molecule has 4 aromatic rings. The molecule has 5 rings (SSSR count). The fraction of sp³-hybridized carbons (Fsp3) is 0.444. The molecule has 0 atom stereocenters. The van der Waals surface area contributed by atoms with Crippen LogP contribution in [0.1, 0.15) is 46.9 Å². The summed E-state index contributed by atoms with van der Waals surface area (Å²) in [5.41, 5.74) is 2.11. The van der Waals surface area contributed by atoms with Gasteiger partial charge in [0.1, 0.15) is 5.82 Å². The van der Waals surface area contributed by atoms with Crippen molar-refractivity contribution < 1.29 is 10.5 Å². The molecule has 3 aromatic heterocycles. The lowest BCUT2D eigenvalue weighted by Crippen LogP contribution is -2.31. The minimum absolute atomic E-state index is 0.0490. The molecule has 184 valence electrons. The number of rotatable bonds is 7. The topological polar surface area (TPSA) is 65.2 Å². The average molecular weight is 479 g/mol. The minimum Gasteiger partial charge on any atom is -0.478 e. The predicted molar refractivity (Wildman–Crippen MR) is 136 cm³/mol. The molecule has 0 N–H and O–H groups in total. The van der Waals surface area contributed by atoms with Crippen molar-refractivity contribution in [3.05, 3.63) is 52.9 Å². The zero-order valence-corrected chi connectivity index (χ0v) is 20.6. The number of nitrogens with zero attached hydrogens (tertiary/aromatic N) is 5. The Kier molecular flexibility index (Phi) is 6.21. The Morgan fingerprint density at radius 2 is 1.97 bits per heavy atom. The number of imidazole rings is 1. The van der Waals surface area contributed by atoms with Gasteiger partial charge in [0.25, 0.3) is 0 Å². The molecule has 8 heteroatoms. The quantitative estimate of drug-likeness (QED) is 0.353. The second kappa shape index (κ2) is 9.77. The van der Waals surface area contributed by atoms with Crippen LogP contribution in [-0.2, 0) is 7.05 Å². The summed E-state index contributed by atoms with van der Waals surface area (Å²) >= 11 is 0. The van der Waals surface area contributed by atoms with Gasteiger partial charge >= 0.3 is 5.69 Å². The second-order valence-electron chi connectivity index (χ2n) is 9.56. The molecule has 35 heavy (non-hydrogen) atoms. The van der Waals surface area contributed by atoms with E-state index in [1.807, 2.05) is 13.8 Å². The molecule has 0 saturated carbocycles. The summed E-state index contributed by atoms with van der Waals surface area (Å²) in [5.74, 6) is 0.0540. The van der Waals surface area contributed by atoms with E-state index >= 15 is 4.39 Å². The number of aryl methyl sites for hydroxylation is 1. The standard InChI is InChI=1S/C27H32FN5O2/c1-18(2)33-26-21-14-20(22(28)15-23(21)29-17-24(26)31(3)27(33)34)19-8-9-25(30-16-19)35-13-7-12-32-10-5-4-6-11-32/h8-9,14-18H,4-7,10-13H2,1-3H3/i17D. The van der Waals surface area contributed by atoms with E-state index in [1.54, 1.807) is 36.0 Å². The largest absolute Gasteiger partial charge is 0.478 e. The molecule has 0 unspecified atom stereocenters. The number of aromatic nitrogens is 4. The molecule has 1 aliphatic rings. The number of fused-ring (bicyclic) bond motifs is 3. The number of benzene rings is 1. The Balaban J connectivity index is 1.43. The van der Waals surface area contributed by atoms with E-state index in [2.05, 4.69) is 14.9 Å². The SMILES string of the molecule is [2H]c1nc2cc(F)c(-c3ccc(OCCCN4CCCCC4)nc3)cc2c2c1n(C)c(=O)n2C(C)C. The zero-order valence-electron chi connectivity index (χ0n) is 21.6. The molecule has 0 bridgehead atoms. The van der Waals surface area contributed by atoms with Gasteiger partial charge in [0.2, 0.25) is 5.88 Å². The lowest BCUT2D eigenvalue weighted by atomic mass is 10.0. The highest BCUT2D eigenvalue weighted by Gasteiger charge is 2.19. The lowest BCUT2D eigenvalue weighted by Gasteiger charge is -2.26. The predicted octanol–water partition coefficient (Wildman–Crippen LogP) is 4.93. The van der Waals surface area contributed by atoms with Gasteiger partial charge in [-0.2, -0.15) is 0 Å². The molecule has 0 aliphatic carbocycles. The van der Waals surface area contributed by atoms with E-state index in [-0.39, 0.29) is 17.9 Å². The van der Waals surface area contributed by atoms with Crippen LogP contribution in [-0.4, -0.2) is 50.2 Å². The van der Waals surface area contributed by atoms with E-state index in [1.165, 1.54) is 43.0 Å². The van der Waals surface area contributed by atoms with Gasteiger partial charge in [0.05, 0.1) is 30.7 Å². The molecular formula is C27H32FN5O2. The van der Waals surface area contributed by atoms with Gasteiger partial charge in [-0.3, -0.25) is 14.1 Å². The van der Waals surface area contributed by atoms with Gasteiger partial charge in [-0.15, -0.1) is 0 Å². The summed E-state index contributed by atoms with van der Waals surface area (Å²) in [6.07, 6.45) is 6.39. The Bertz CT molecular complexity index is 1460. The van der Waals surface area contributed by atoms with Crippen LogP contribution in [0.15, 0.2) is 41.4 Å². The Morgan fingerprint density at radius 1 is 1.17 bits per heavy atom. The van der Waals surface area contributed by atoms with Gasteiger partial charge in [0, 0.05) is 54.5 Å². The molecule has 1 saturated heterocycles. The number of halogens is 1. The van der Waals surface area contributed by atoms with Crippen LogP contribution in [0.3, 0.4) is 0 Å². The van der Waals surface area contributed by atoms with E-state index < -0.39 is 5.82 Å². The number of hydrogen-bond donors (Lipinski definition) is 0. The number of ether oxygens (including phenoxy) is 1. The Morgan fingerprint density at radius 3 is 2.69 bits per heavy atom. The molecule has 1 aliphatic heterocycles. The first kappa shape index (κ1) is 22.2. The number of piperidine rings is 1. The highest BCUT2D eigenvalue weighted by atomic mass is 19.1. The minimum atomic E-state index is -0.458. The first-order chi connectivity index (χ1) is 17.3. The van der Waals surface area contributed by atoms with Crippen LogP contribution in [0, 0.1) is 5.82 Å². The summed E-state index contributed by atoms with van der Waals surface area (Å²) in [5, 5.41) is 0.627. The highest BCUT2D eigenvalue weighted by molar-refractivity contribution is 6.04. The van der Waals surface area contributed by atoms with E-state index in [9.17, 15) is 4.79 Å². The Labute approximate surface area is 205 Å². The van der Waals surface area contributed by atoms with Crippen molar-refractivity contribution >= 4 is 21.9 Å². The van der Waals surface area contributed by atoms with E-state index in [0.29, 0.717) is 45.6 Å². The molecule has 4 heterocycles. The molecule has 0 amide bonds. The van der Waals surface area contributed by atoms with Gasteiger partial charge in [0.15, 0.2) is 0 Å². The summed E-state index contributed by atoms with van der Waals surface area (Å²) in [6.45, 7) is 7.79. The van der Waals surface area contributed by atoms with E-state index in [4.69, 9.17) is 6.11 Å². The normalized spacial score (nSPS) is 15.3. The van der Waals surface area contributed by atoms with Gasteiger partial charge in [-0.25, -0.2) is 14.2 Å². The molecule has 0 radical (unpaired) electrons.